The smallest absolute Gasteiger partial charge is 0.254 e. The lowest BCUT2D eigenvalue weighted by Crippen LogP contribution is -2.40. The third-order valence-electron chi connectivity index (χ3n) is 4.06. The maximum atomic E-state index is 12.5. The Morgan fingerprint density at radius 3 is 2.87 bits per heavy atom. The first kappa shape index (κ1) is 15.1. The van der Waals surface area contributed by atoms with Crippen LogP contribution >= 0.6 is 0 Å². The lowest BCUT2D eigenvalue weighted by atomic mass is 10.00. The van der Waals surface area contributed by atoms with E-state index in [-0.39, 0.29) is 30.2 Å². The Bertz CT molecular complexity index is 826. The molecule has 6 heteroatoms. The van der Waals surface area contributed by atoms with Crippen molar-refractivity contribution >= 4 is 17.4 Å². The summed E-state index contributed by atoms with van der Waals surface area (Å²) in [5, 5.41) is 0. The van der Waals surface area contributed by atoms with Gasteiger partial charge in [0.1, 0.15) is 0 Å². The first-order valence-corrected chi connectivity index (χ1v) is 7.49. The molecule has 1 aliphatic heterocycles. The SMILES string of the molecule is Cc1nc[nH]c(=O)c1CCC(=O)N1CC(=O)Cc2ccccc21. The van der Waals surface area contributed by atoms with Gasteiger partial charge in [-0.3, -0.25) is 14.4 Å². The molecule has 1 aromatic carbocycles. The topological polar surface area (TPSA) is 83.1 Å². The van der Waals surface area contributed by atoms with Crippen molar-refractivity contribution in [3.8, 4) is 0 Å². The molecule has 0 atom stereocenters. The van der Waals surface area contributed by atoms with Gasteiger partial charge in [-0.25, -0.2) is 4.98 Å². The summed E-state index contributed by atoms with van der Waals surface area (Å²) in [6, 6.07) is 7.42. The van der Waals surface area contributed by atoms with Crippen LogP contribution in [0.15, 0.2) is 35.4 Å². The van der Waals surface area contributed by atoms with Gasteiger partial charge in [0.25, 0.3) is 5.56 Å². The van der Waals surface area contributed by atoms with Gasteiger partial charge in [0.2, 0.25) is 5.91 Å². The second-order valence-electron chi connectivity index (χ2n) is 5.62. The van der Waals surface area contributed by atoms with Crippen molar-refractivity contribution in [2.45, 2.75) is 26.2 Å². The van der Waals surface area contributed by atoms with Crippen LogP contribution in [0.1, 0.15) is 23.2 Å². The fourth-order valence-electron chi connectivity index (χ4n) is 2.85. The Kier molecular flexibility index (Phi) is 4.06. The van der Waals surface area contributed by atoms with Gasteiger partial charge in [-0.1, -0.05) is 18.2 Å². The van der Waals surface area contributed by atoms with Crippen LogP contribution in [0, 0.1) is 6.92 Å². The molecule has 1 N–H and O–H groups in total. The van der Waals surface area contributed by atoms with Crippen LogP contribution in [0.5, 0.6) is 0 Å². The minimum atomic E-state index is -0.222. The number of nitrogens with zero attached hydrogens (tertiary/aromatic N) is 2. The molecule has 1 aliphatic rings. The summed E-state index contributed by atoms with van der Waals surface area (Å²) in [6.07, 6.45) is 2.18. The molecule has 0 saturated carbocycles. The Labute approximate surface area is 133 Å². The summed E-state index contributed by atoms with van der Waals surface area (Å²) < 4.78 is 0. The van der Waals surface area contributed by atoms with Gasteiger partial charge in [0, 0.05) is 29.8 Å². The number of hydrogen-bond donors (Lipinski definition) is 1. The molecule has 1 aromatic heterocycles. The van der Waals surface area contributed by atoms with Crippen molar-refractivity contribution in [3.63, 3.8) is 0 Å². The lowest BCUT2D eigenvalue weighted by Gasteiger charge is -2.28. The number of Topliss-reactive ketones (excluding diaryl/α,β-unsaturated/α-hetero) is 1. The van der Waals surface area contributed by atoms with Crippen molar-refractivity contribution in [1.82, 2.24) is 9.97 Å². The van der Waals surface area contributed by atoms with Gasteiger partial charge >= 0.3 is 0 Å². The number of hydrogen-bond acceptors (Lipinski definition) is 4. The van der Waals surface area contributed by atoms with Gasteiger partial charge in [-0.15, -0.1) is 0 Å². The van der Waals surface area contributed by atoms with E-state index < -0.39 is 0 Å². The van der Waals surface area contributed by atoms with E-state index in [4.69, 9.17) is 0 Å². The average molecular weight is 311 g/mol. The highest BCUT2D eigenvalue weighted by Gasteiger charge is 2.26. The molecule has 0 aliphatic carbocycles. The molecule has 0 bridgehead atoms. The summed E-state index contributed by atoms with van der Waals surface area (Å²) in [4.78, 5) is 44.3. The number of H-pyrrole nitrogens is 1. The maximum absolute atomic E-state index is 12.5. The number of carbonyl (C=O) groups excluding carboxylic acids is 2. The van der Waals surface area contributed by atoms with Crippen LogP contribution in [0.3, 0.4) is 0 Å². The summed E-state index contributed by atoms with van der Waals surface area (Å²) in [6.45, 7) is 1.84. The number of aromatic nitrogens is 2. The van der Waals surface area contributed by atoms with Gasteiger partial charge in [-0.2, -0.15) is 0 Å². The molecule has 3 rings (SSSR count). The molecule has 0 fully saturated rings. The van der Waals surface area contributed by atoms with E-state index in [1.165, 1.54) is 11.2 Å². The molecule has 118 valence electrons. The number of ketones is 1. The molecule has 2 aromatic rings. The average Bonchev–Trinajstić information content (AvgIpc) is 2.53. The van der Waals surface area contributed by atoms with Gasteiger partial charge in [0.05, 0.1) is 12.9 Å². The van der Waals surface area contributed by atoms with E-state index in [0.717, 1.165) is 11.3 Å². The van der Waals surface area contributed by atoms with E-state index >= 15 is 0 Å². The van der Waals surface area contributed by atoms with Crippen LogP contribution in [0.25, 0.3) is 0 Å². The van der Waals surface area contributed by atoms with E-state index in [0.29, 0.717) is 24.1 Å². The second-order valence-corrected chi connectivity index (χ2v) is 5.62. The Morgan fingerprint density at radius 2 is 2.09 bits per heavy atom. The maximum Gasteiger partial charge on any atom is 0.254 e. The molecule has 0 saturated heterocycles. The zero-order chi connectivity index (χ0) is 16.4. The molecule has 0 unspecified atom stereocenters. The number of fused-ring (bicyclic) bond motifs is 1. The van der Waals surface area contributed by atoms with Crippen molar-refractivity contribution in [2.75, 3.05) is 11.4 Å². The number of nitrogens with one attached hydrogen (secondary N) is 1. The summed E-state index contributed by atoms with van der Waals surface area (Å²) in [7, 11) is 0. The van der Waals surface area contributed by atoms with Crippen LogP contribution in [0.2, 0.25) is 0 Å². The number of amides is 1. The Balaban J connectivity index is 1.79. The van der Waals surface area contributed by atoms with Crippen LogP contribution < -0.4 is 10.5 Å². The highest BCUT2D eigenvalue weighted by atomic mass is 16.2. The van der Waals surface area contributed by atoms with Crippen molar-refractivity contribution < 1.29 is 9.59 Å². The van der Waals surface area contributed by atoms with Crippen molar-refractivity contribution in [3.05, 3.63) is 57.8 Å². The van der Waals surface area contributed by atoms with Crippen molar-refractivity contribution in [2.24, 2.45) is 0 Å². The Morgan fingerprint density at radius 1 is 1.30 bits per heavy atom. The molecule has 23 heavy (non-hydrogen) atoms. The van der Waals surface area contributed by atoms with Gasteiger partial charge in [-0.05, 0) is 25.0 Å². The zero-order valence-corrected chi connectivity index (χ0v) is 12.8. The summed E-state index contributed by atoms with van der Waals surface area (Å²) in [5.74, 6) is -0.138. The van der Waals surface area contributed by atoms with Crippen LogP contribution in [-0.2, 0) is 22.4 Å². The summed E-state index contributed by atoms with van der Waals surface area (Å²) >= 11 is 0. The fourth-order valence-corrected chi connectivity index (χ4v) is 2.85. The third kappa shape index (κ3) is 3.06. The predicted octanol–water partition coefficient (Wildman–Crippen LogP) is 1.17. The predicted molar refractivity (Wildman–Crippen MR) is 85.4 cm³/mol. The Hall–Kier alpha value is -2.76. The first-order valence-electron chi connectivity index (χ1n) is 7.49. The number of anilines is 1. The van der Waals surface area contributed by atoms with Crippen LogP contribution in [0.4, 0.5) is 5.69 Å². The lowest BCUT2D eigenvalue weighted by molar-refractivity contribution is -0.122. The first-order chi connectivity index (χ1) is 11.1. The van der Waals surface area contributed by atoms with E-state index in [1.54, 1.807) is 6.92 Å². The summed E-state index contributed by atoms with van der Waals surface area (Å²) in [5.41, 5.74) is 2.57. The largest absolute Gasteiger partial charge is 0.313 e. The number of para-hydroxylation sites is 1. The molecule has 6 nitrogen and oxygen atoms in total. The number of aromatic amines is 1. The van der Waals surface area contributed by atoms with Gasteiger partial charge < -0.3 is 9.88 Å². The quantitative estimate of drug-likeness (QED) is 0.922. The minimum Gasteiger partial charge on any atom is -0.313 e. The van der Waals surface area contributed by atoms with Crippen molar-refractivity contribution in [1.29, 1.82) is 0 Å². The standard InChI is InChI=1S/C17H17N3O3/c1-11-14(17(23)19-10-18-11)6-7-16(22)20-9-13(21)8-12-4-2-3-5-15(12)20/h2-5,10H,6-9H2,1H3,(H,18,19,23). The number of benzene rings is 1. The van der Waals surface area contributed by atoms with Crippen LogP contribution in [-0.4, -0.2) is 28.2 Å². The second kappa shape index (κ2) is 6.16. The normalized spacial score (nSPS) is 13.8. The molecule has 1 amide bonds. The zero-order valence-electron chi connectivity index (χ0n) is 12.8. The van der Waals surface area contributed by atoms with Gasteiger partial charge in [0.15, 0.2) is 5.78 Å². The highest BCUT2D eigenvalue weighted by Crippen LogP contribution is 2.26. The molecule has 2 heterocycles. The van der Waals surface area contributed by atoms with E-state index in [1.807, 2.05) is 24.3 Å². The third-order valence-corrected chi connectivity index (χ3v) is 4.06. The highest BCUT2D eigenvalue weighted by molar-refractivity contribution is 6.03. The monoisotopic (exact) mass is 311 g/mol. The molecule has 0 radical (unpaired) electrons. The fraction of sp³-hybridized carbons (Fsp3) is 0.294. The number of rotatable bonds is 3. The molecular weight excluding hydrogens is 294 g/mol. The molecular formula is C17H17N3O3. The molecule has 0 spiro atoms. The van der Waals surface area contributed by atoms with E-state index in [9.17, 15) is 14.4 Å². The minimum absolute atomic E-state index is 0.0208. The number of carbonyl (C=O) groups is 2. The van der Waals surface area contributed by atoms with E-state index in [2.05, 4.69) is 9.97 Å². The number of aryl methyl sites for hydroxylation is 1.